The van der Waals surface area contributed by atoms with E-state index in [4.69, 9.17) is 0 Å². The highest BCUT2D eigenvalue weighted by molar-refractivity contribution is 5.86. The summed E-state index contributed by atoms with van der Waals surface area (Å²) in [6.45, 7) is 8.94. The summed E-state index contributed by atoms with van der Waals surface area (Å²) < 4.78 is 0.830. The lowest BCUT2D eigenvalue weighted by Crippen LogP contribution is -2.56. The van der Waals surface area contributed by atoms with Crippen molar-refractivity contribution in [2.45, 2.75) is 84.2 Å². The van der Waals surface area contributed by atoms with E-state index >= 15 is 0 Å². The van der Waals surface area contributed by atoms with Crippen LogP contribution in [0.4, 0.5) is 0 Å². The Bertz CT molecular complexity index is 300. The third-order valence-corrected chi connectivity index (χ3v) is 4.67. The average molecular weight is 312 g/mol. The van der Waals surface area contributed by atoms with Crippen molar-refractivity contribution in [1.82, 2.24) is 5.32 Å². The number of carbonyl (C=O) groups excluding carboxylic acids is 1. The van der Waals surface area contributed by atoms with Crippen LogP contribution in [0.5, 0.6) is 0 Å². The molecule has 0 aliphatic carbocycles. The van der Waals surface area contributed by atoms with Gasteiger partial charge in [0.1, 0.15) is 0 Å². The number of hydrogen-bond acceptors (Lipinski definition) is 1. The maximum absolute atomic E-state index is 11.4. The molecule has 0 aromatic carbocycles. The molecular weight excluding hydrogens is 272 g/mol. The molecule has 0 aliphatic rings. The van der Waals surface area contributed by atoms with Crippen molar-refractivity contribution >= 4 is 5.91 Å². The molecule has 0 saturated carbocycles. The molecule has 130 valence electrons. The number of rotatable bonds is 14. The molecule has 0 aromatic heterocycles. The molecule has 1 N–H and O–H groups in total. The number of quaternary nitrogens is 1. The summed E-state index contributed by atoms with van der Waals surface area (Å²) in [5.41, 5.74) is 0. The smallest absolute Gasteiger partial charge is 0.247 e. The number of carbonyl (C=O) groups is 1. The highest BCUT2D eigenvalue weighted by Crippen LogP contribution is 2.12. The Labute approximate surface area is 138 Å². The molecule has 0 heterocycles. The number of amides is 1. The van der Waals surface area contributed by atoms with E-state index in [0.29, 0.717) is 0 Å². The summed E-state index contributed by atoms with van der Waals surface area (Å²) >= 11 is 0. The first-order valence-electron chi connectivity index (χ1n) is 9.19. The van der Waals surface area contributed by atoms with E-state index < -0.39 is 0 Å². The van der Waals surface area contributed by atoms with E-state index in [1.54, 1.807) is 0 Å². The van der Waals surface area contributed by atoms with Crippen molar-refractivity contribution in [3.05, 3.63) is 12.7 Å². The molecule has 1 amide bonds. The lowest BCUT2D eigenvalue weighted by molar-refractivity contribution is -0.915. The third kappa shape index (κ3) is 10.8. The Morgan fingerprint density at radius 2 is 1.45 bits per heavy atom. The van der Waals surface area contributed by atoms with E-state index in [9.17, 15) is 4.79 Å². The minimum Gasteiger partial charge on any atom is -0.309 e. The normalized spacial score (nSPS) is 12.9. The van der Waals surface area contributed by atoms with Crippen LogP contribution in [-0.2, 0) is 4.79 Å². The molecule has 3 heteroatoms. The van der Waals surface area contributed by atoms with Crippen LogP contribution in [0.3, 0.4) is 0 Å². The van der Waals surface area contributed by atoms with Crippen molar-refractivity contribution < 1.29 is 9.28 Å². The van der Waals surface area contributed by atoms with Gasteiger partial charge in [-0.15, -0.1) is 0 Å². The number of nitrogens with one attached hydrogen (secondary N) is 1. The fourth-order valence-electron chi connectivity index (χ4n) is 2.64. The molecule has 1 atom stereocenters. The Hall–Kier alpha value is -0.830. The van der Waals surface area contributed by atoms with Crippen molar-refractivity contribution in [2.75, 3.05) is 20.6 Å². The zero-order chi connectivity index (χ0) is 16.8. The molecule has 1 unspecified atom stereocenters. The van der Waals surface area contributed by atoms with Gasteiger partial charge in [0.15, 0.2) is 6.17 Å². The number of nitrogens with zero attached hydrogens (tertiary/aromatic N) is 1. The third-order valence-electron chi connectivity index (χ3n) is 4.67. The average Bonchev–Trinajstić information content (AvgIpc) is 2.48. The van der Waals surface area contributed by atoms with Crippen LogP contribution in [0.2, 0.25) is 0 Å². The zero-order valence-electron chi connectivity index (χ0n) is 15.5. The monoisotopic (exact) mass is 311 g/mol. The molecule has 0 spiro atoms. The second kappa shape index (κ2) is 12.7. The molecule has 0 radical (unpaired) electrons. The van der Waals surface area contributed by atoms with Gasteiger partial charge in [-0.2, -0.15) is 0 Å². The summed E-state index contributed by atoms with van der Waals surface area (Å²) in [5.74, 6) is -0.0817. The van der Waals surface area contributed by atoms with E-state index in [2.05, 4.69) is 39.8 Å². The second-order valence-corrected chi connectivity index (χ2v) is 7.07. The molecule has 0 aliphatic heterocycles. The summed E-state index contributed by atoms with van der Waals surface area (Å²) in [4.78, 5) is 11.4. The quantitative estimate of drug-likeness (QED) is 0.215. The first-order valence-corrected chi connectivity index (χ1v) is 9.19. The van der Waals surface area contributed by atoms with Crippen LogP contribution in [0.15, 0.2) is 12.7 Å². The molecule has 22 heavy (non-hydrogen) atoms. The molecule has 0 rings (SSSR count). The van der Waals surface area contributed by atoms with Gasteiger partial charge in [0.05, 0.1) is 20.6 Å². The van der Waals surface area contributed by atoms with Gasteiger partial charge in [-0.05, 0) is 18.9 Å². The van der Waals surface area contributed by atoms with Gasteiger partial charge in [0.2, 0.25) is 5.91 Å². The molecule has 0 saturated heterocycles. The largest absolute Gasteiger partial charge is 0.309 e. The van der Waals surface area contributed by atoms with Crippen LogP contribution in [0, 0.1) is 0 Å². The minimum atomic E-state index is -0.0817. The topological polar surface area (TPSA) is 29.1 Å². The fourth-order valence-corrected chi connectivity index (χ4v) is 2.64. The Morgan fingerprint density at radius 1 is 1.00 bits per heavy atom. The van der Waals surface area contributed by atoms with Gasteiger partial charge >= 0.3 is 0 Å². The van der Waals surface area contributed by atoms with E-state index in [1.807, 2.05) is 0 Å². The highest BCUT2D eigenvalue weighted by Gasteiger charge is 2.23. The Balaban J connectivity index is 3.60. The van der Waals surface area contributed by atoms with E-state index in [-0.39, 0.29) is 12.1 Å². The number of hydrogen-bond donors (Lipinski definition) is 1. The second-order valence-electron chi connectivity index (χ2n) is 7.07. The van der Waals surface area contributed by atoms with E-state index in [0.717, 1.165) is 11.0 Å². The van der Waals surface area contributed by atoms with Crippen molar-refractivity contribution in [3.8, 4) is 0 Å². The molecule has 3 nitrogen and oxygen atoms in total. The van der Waals surface area contributed by atoms with Gasteiger partial charge in [0, 0.05) is 6.92 Å². The fraction of sp³-hybridized carbons (Fsp3) is 0.842. The summed E-state index contributed by atoms with van der Waals surface area (Å²) in [7, 11) is 4.36. The van der Waals surface area contributed by atoms with Crippen LogP contribution in [-0.4, -0.2) is 37.2 Å². The standard InChI is InChI=1S/C19H38N2O/c1-6-8-9-10-11-12-13-14-15-16-17-21(4,5)18(3)20-19(22)7-2/h7,18H,2,6,8-17H2,1,3-5H3/p+1. The van der Waals surface area contributed by atoms with Crippen LogP contribution < -0.4 is 5.32 Å². The van der Waals surface area contributed by atoms with Crippen LogP contribution >= 0.6 is 0 Å². The first kappa shape index (κ1) is 21.2. The minimum absolute atomic E-state index is 0.0817. The number of unbranched alkanes of at least 4 members (excludes halogenated alkanes) is 9. The summed E-state index contributed by atoms with van der Waals surface area (Å²) in [6, 6.07) is 0. The summed E-state index contributed by atoms with van der Waals surface area (Å²) in [6.07, 6.45) is 15.1. The molecule has 0 fully saturated rings. The van der Waals surface area contributed by atoms with Crippen molar-refractivity contribution in [1.29, 1.82) is 0 Å². The van der Waals surface area contributed by atoms with Crippen LogP contribution in [0.25, 0.3) is 0 Å². The first-order chi connectivity index (χ1) is 10.4. The molecule has 0 bridgehead atoms. The van der Waals surface area contributed by atoms with Gasteiger partial charge in [-0.25, -0.2) is 0 Å². The van der Waals surface area contributed by atoms with Crippen molar-refractivity contribution in [3.63, 3.8) is 0 Å². The maximum atomic E-state index is 11.4. The van der Waals surface area contributed by atoms with Gasteiger partial charge in [0.25, 0.3) is 0 Å². The Morgan fingerprint density at radius 3 is 1.91 bits per heavy atom. The van der Waals surface area contributed by atoms with Crippen LogP contribution in [0.1, 0.15) is 78.1 Å². The Kier molecular flexibility index (Phi) is 12.2. The zero-order valence-corrected chi connectivity index (χ0v) is 15.5. The van der Waals surface area contributed by atoms with Gasteiger partial charge in [-0.3, -0.25) is 4.79 Å². The molecule has 0 aromatic rings. The van der Waals surface area contributed by atoms with E-state index in [1.165, 1.54) is 70.3 Å². The lowest BCUT2D eigenvalue weighted by atomic mass is 10.1. The van der Waals surface area contributed by atoms with Crippen molar-refractivity contribution in [2.24, 2.45) is 0 Å². The van der Waals surface area contributed by atoms with Gasteiger partial charge < -0.3 is 9.80 Å². The highest BCUT2D eigenvalue weighted by atomic mass is 16.1. The van der Waals surface area contributed by atoms with Gasteiger partial charge in [-0.1, -0.05) is 64.9 Å². The maximum Gasteiger partial charge on any atom is 0.247 e. The lowest BCUT2D eigenvalue weighted by Gasteiger charge is -2.36. The predicted octanol–water partition coefficient (Wildman–Crippen LogP) is 4.63. The SMILES string of the molecule is C=CC(=O)NC(C)[N+](C)(C)CCCCCCCCCCCC. The predicted molar refractivity (Wildman–Crippen MR) is 96.6 cm³/mol. The molecular formula is C19H39N2O+. The summed E-state index contributed by atoms with van der Waals surface area (Å²) in [5, 5.41) is 2.97.